The second-order valence-corrected chi connectivity index (χ2v) is 4.95. The van der Waals surface area contributed by atoms with Crippen molar-refractivity contribution in [2.75, 3.05) is 13.1 Å². The van der Waals surface area contributed by atoms with Gasteiger partial charge in [0.2, 0.25) is 0 Å². The van der Waals surface area contributed by atoms with Gasteiger partial charge in [-0.05, 0) is 30.7 Å². The third kappa shape index (κ3) is 3.22. The normalized spacial score (nSPS) is 17.6. The highest BCUT2D eigenvalue weighted by Crippen LogP contribution is 2.26. The molecule has 1 aliphatic heterocycles. The van der Waals surface area contributed by atoms with Crippen molar-refractivity contribution < 1.29 is 22.7 Å². The Morgan fingerprint density at radius 1 is 1.35 bits per heavy atom. The number of alkyl halides is 3. The summed E-state index contributed by atoms with van der Waals surface area (Å²) in [4.78, 5) is 13.6. The summed E-state index contributed by atoms with van der Waals surface area (Å²) in [5, 5.41) is 0. The van der Waals surface area contributed by atoms with Gasteiger partial charge in [0.1, 0.15) is 5.75 Å². The molecule has 1 fully saturated rings. The number of halogens is 3. The average molecular weight is 288 g/mol. The number of amides is 1. The Bertz CT molecular complexity index is 493. The first kappa shape index (κ1) is 14.6. The minimum atomic E-state index is -4.73. The molecule has 1 amide bonds. The van der Waals surface area contributed by atoms with Crippen molar-refractivity contribution in [3.05, 3.63) is 29.8 Å². The van der Waals surface area contributed by atoms with Crippen molar-refractivity contribution in [3.63, 3.8) is 0 Å². The minimum Gasteiger partial charge on any atom is -0.406 e. The lowest BCUT2D eigenvalue weighted by Gasteiger charge is -2.47. The van der Waals surface area contributed by atoms with Gasteiger partial charge in [-0.3, -0.25) is 4.79 Å². The van der Waals surface area contributed by atoms with Crippen LogP contribution >= 0.6 is 0 Å². The molecule has 7 heteroatoms. The van der Waals surface area contributed by atoms with Gasteiger partial charge in [-0.25, -0.2) is 0 Å². The molecule has 2 N–H and O–H groups in total. The lowest BCUT2D eigenvalue weighted by molar-refractivity contribution is -0.274. The van der Waals surface area contributed by atoms with Crippen LogP contribution in [0, 0.1) is 0 Å². The van der Waals surface area contributed by atoms with E-state index < -0.39 is 6.36 Å². The van der Waals surface area contributed by atoms with E-state index in [1.165, 1.54) is 12.1 Å². The van der Waals surface area contributed by atoms with Crippen molar-refractivity contribution in [1.29, 1.82) is 0 Å². The van der Waals surface area contributed by atoms with Crippen LogP contribution in [-0.2, 0) is 0 Å². The predicted molar refractivity (Wildman–Crippen MR) is 66.2 cm³/mol. The van der Waals surface area contributed by atoms with Crippen molar-refractivity contribution in [2.45, 2.75) is 25.2 Å². The first-order valence-corrected chi connectivity index (χ1v) is 6.16. The fraction of sp³-hybridized carbons (Fsp3) is 0.462. The Morgan fingerprint density at radius 2 is 1.90 bits per heavy atom. The molecule has 0 aromatic heterocycles. The van der Waals surface area contributed by atoms with Gasteiger partial charge in [-0.15, -0.1) is 13.2 Å². The fourth-order valence-corrected chi connectivity index (χ4v) is 2.06. The zero-order valence-corrected chi connectivity index (χ0v) is 10.9. The number of rotatable bonds is 3. The maximum atomic E-state index is 12.0. The number of carbonyl (C=O) groups is 1. The van der Waals surface area contributed by atoms with E-state index in [9.17, 15) is 18.0 Å². The topological polar surface area (TPSA) is 55.6 Å². The van der Waals surface area contributed by atoms with E-state index in [-0.39, 0.29) is 17.2 Å². The van der Waals surface area contributed by atoms with Gasteiger partial charge in [0.25, 0.3) is 5.91 Å². The van der Waals surface area contributed by atoms with Gasteiger partial charge in [0.15, 0.2) is 0 Å². The van der Waals surface area contributed by atoms with Gasteiger partial charge < -0.3 is 15.4 Å². The van der Waals surface area contributed by atoms with Gasteiger partial charge in [0, 0.05) is 18.7 Å². The molecule has 1 aromatic carbocycles. The molecule has 2 rings (SSSR count). The third-order valence-corrected chi connectivity index (χ3v) is 3.34. The minimum absolute atomic E-state index is 0.238. The Hall–Kier alpha value is -1.76. The number of carbonyl (C=O) groups excluding carboxylic acids is 1. The first-order valence-electron chi connectivity index (χ1n) is 6.16. The summed E-state index contributed by atoms with van der Waals surface area (Å²) in [5.41, 5.74) is 5.94. The van der Waals surface area contributed by atoms with Gasteiger partial charge in [0.05, 0.1) is 5.54 Å². The molecule has 4 nitrogen and oxygen atoms in total. The van der Waals surface area contributed by atoms with Crippen molar-refractivity contribution in [1.82, 2.24) is 4.90 Å². The molecule has 1 saturated heterocycles. The monoisotopic (exact) mass is 288 g/mol. The van der Waals surface area contributed by atoms with Crippen LogP contribution in [0.1, 0.15) is 23.7 Å². The van der Waals surface area contributed by atoms with E-state index in [2.05, 4.69) is 4.74 Å². The summed E-state index contributed by atoms with van der Waals surface area (Å²) in [6.07, 6.45) is -3.96. The van der Waals surface area contributed by atoms with Crippen LogP contribution in [0.15, 0.2) is 24.3 Å². The maximum absolute atomic E-state index is 12.0. The Morgan fingerprint density at radius 3 is 2.35 bits per heavy atom. The number of benzene rings is 1. The molecular formula is C13H15F3N2O2. The lowest BCUT2D eigenvalue weighted by Crippen LogP contribution is -2.68. The highest BCUT2D eigenvalue weighted by atomic mass is 19.4. The molecule has 0 spiro atoms. The molecule has 1 aliphatic rings. The van der Waals surface area contributed by atoms with E-state index in [4.69, 9.17) is 5.73 Å². The molecule has 110 valence electrons. The predicted octanol–water partition coefficient (Wildman–Crippen LogP) is 2.15. The fourth-order valence-electron chi connectivity index (χ4n) is 2.06. The summed E-state index contributed by atoms with van der Waals surface area (Å²) in [6, 6.07) is 4.86. The van der Waals surface area contributed by atoms with Crippen LogP contribution < -0.4 is 10.5 Å². The highest BCUT2D eigenvalue weighted by Gasteiger charge is 2.40. The molecule has 0 saturated carbocycles. The summed E-state index contributed by atoms with van der Waals surface area (Å²) >= 11 is 0. The third-order valence-electron chi connectivity index (χ3n) is 3.34. The summed E-state index contributed by atoms with van der Waals surface area (Å²) in [6.45, 7) is 2.87. The standard InChI is InChI=1S/C13H15F3N2O2/c1-2-12(17)7-18(8-12)11(19)9-3-5-10(6-4-9)20-13(14,15)16/h3-6H,2,7-8,17H2,1H3. The molecule has 0 atom stereocenters. The van der Waals surface area contributed by atoms with Crippen molar-refractivity contribution in [3.8, 4) is 5.75 Å². The van der Waals surface area contributed by atoms with E-state index in [1.54, 1.807) is 4.90 Å². The molecular weight excluding hydrogens is 273 g/mol. The van der Waals surface area contributed by atoms with Gasteiger partial charge >= 0.3 is 6.36 Å². The Labute approximate surface area is 114 Å². The largest absolute Gasteiger partial charge is 0.573 e. The second kappa shape index (κ2) is 4.97. The number of hydrogen-bond donors (Lipinski definition) is 1. The zero-order valence-electron chi connectivity index (χ0n) is 10.9. The van der Waals surface area contributed by atoms with Crippen LogP contribution in [0.25, 0.3) is 0 Å². The number of ether oxygens (including phenoxy) is 1. The van der Waals surface area contributed by atoms with E-state index in [0.29, 0.717) is 18.7 Å². The van der Waals surface area contributed by atoms with Crippen LogP contribution in [0.2, 0.25) is 0 Å². The van der Waals surface area contributed by atoms with Crippen molar-refractivity contribution in [2.24, 2.45) is 5.73 Å². The summed E-state index contributed by atoms with van der Waals surface area (Å²) < 4.78 is 39.8. The van der Waals surface area contributed by atoms with Gasteiger partial charge in [-0.2, -0.15) is 0 Å². The number of hydrogen-bond acceptors (Lipinski definition) is 3. The molecule has 0 aliphatic carbocycles. The quantitative estimate of drug-likeness (QED) is 0.927. The Balaban J connectivity index is 1.99. The summed E-state index contributed by atoms with van der Waals surface area (Å²) in [7, 11) is 0. The molecule has 1 heterocycles. The number of nitrogens with two attached hydrogens (primary N) is 1. The molecule has 0 radical (unpaired) electrons. The SMILES string of the molecule is CCC1(N)CN(C(=O)c2ccc(OC(F)(F)F)cc2)C1. The highest BCUT2D eigenvalue weighted by molar-refractivity contribution is 5.95. The zero-order chi connectivity index (χ0) is 15.0. The second-order valence-electron chi connectivity index (χ2n) is 4.95. The first-order chi connectivity index (χ1) is 9.22. The van der Waals surface area contributed by atoms with E-state index in [0.717, 1.165) is 18.6 Å². The van der Waals surface area contributed by atoms with Gasteiger partial charge in [-0.1, -0.05) is 6.92 Å². The summed E-state index contributed by atoms with van der Waals surface area (Å²) in [5.74, 6) is -0.586. The lowest BCUT2D eigenvalue weighted by atomic mass is 9.88. The van der Waals surface area contributed by atoms with Crippen LogP contribution in [0.5, 0.6) is 5.75 Å². The molecule has 20 heavy (non-hydrogen) atoms. The van der Waals surface area contributed by atoms with Crippen LogP contribution in [-0.4, -0.2) is 35.8 Å². The van der Waals surface area contributed by atoms with Crippen LogP contribution in [0.4, 0.5) is 13.2 Å². The number of nitrogens with zero attached hydrogens (tertiary/aromatic N) is 1. The number of likely N-dealkylation sites (tertiary alicyclic amines) is 1. The average Bonchev–Trinajstić information content (AvgIpc) is 2.33. The Kier molecular flexibility index (Phi) is 3.64. The molecule has 0 unspecified atom stereocenters. The van der Waals surface area contributed by atoms with E-state index >= 15 is 0 Å². The smallest absolute Gasteiger partial charge is 0.406 e. The molecule has 0 bridgehead atoms. The maximum Gasteiger partial charge on any atom is 0.573 e. The van der Waals surface area contributed by atoms with Crippen LogP contribution in [0.3, 0.4) is 0 Å². The molecule has 1 aromatic rings. The van der Waals surface area contributed by atoms with Crippen molar-refractivity contribution >= 4 is 5.91 Å². The van der Waals surface area contributed by atoms with E-state index in [1.807, 2.05) is 6.92 Å².